The summed E-state index contributed by atoms with van der Waals surface area (Å²) in [5.74, 6) is -0.617. The van der Waals surface area contributed by atoms with Gasteiger partial charge in [0.25, 0.3) is 10.0 Å². The summed E-state index contributed by atoms with van der Waals surface area (Å²) in [6, 6.07) is 9.68. The number of carbonyl (C=O) groups is 1. The van der Waals surface area contributed by atoms with Crippen molar-refractivity contribution in [2.45, 2.75) is 16.5 Å². The summed E-state index contributed by atoms with van der Waals surface area (Å²) < 4.78 is 40.4. The fraction of sp³-hybridized carbons (Fsp3) is 0.312. The van der Waals surface area contributed by atoms with Crippen LogP contribution in [0.3, 0.4) is 0 Å². The van der Waals surface area contributed by atoms with Gasteiger partial charge in [0.1, 0.15) is 10.0 Å². The number of benzene rings is 1. The van der Waals surface area contributed by atoms with Crippen molar-refractivity contribution in [2.75, 3.05) is 19.6 Å². The van der Waals surface area contributed by atoms with Gasteiger partial charge in [-0.15, -0.1) is 11.3 Å². The molecule has 0 unspecified atom stereocenters. The number of halogens is 1. The predicted molar refractivity (Wildman–Crippen MR) is 89.8 cm³/mol. The molecule has 24 heavy (non-hydrogen) atoms. The molecular weight excluding hydrogens is 351 g/mol. The van der Waals surface area contributed by atoms with Gasteiger partial charge in [-0.3, -0.25) is 4.79 Å². The molecule has 0 aliphatic carbocycles. The zero-order chi connectivity index (χ0) is 17.2. The third kappa shape index (κ3) is 3.66. The number of nitrogens with zero attached hydrogens (tertiary/aromatic N) is 1. The van der Waals surface area contributed by atoms with Gasteiger partial charge in [-0.2, -0.15) is 0 Å². The molecule has 5 nitrogen and oxygen atoms in total. The smallest absolute Gasteiger partial charge is 0.250 e. The Morgan fingerprint density at radius 3 is 2.79 bits per heavy atom. The SMILES string of the molecule is O=C(CNS(=O)(=O)c1cccs1)N1CC[C@@H](c2ccccc2F)C1. The highest BCUT2D eigenvalue weighted by molar-refractivity contribution is 7.91. The summed E-state index contributed by atoms with van der Waals surface area (Å²) in [4.78, 5) is 13.8. The molecule has 1 N–H and O–H groups in total. The molecule has 1 aromatic carbocycles. The maximum atomic E-state index is 13.8. The van der Waals surface area contributed by atoms with Crippen molar-refractivity contribution in [3.8, 4) is 0 Å². The molecule has 1 atom stereocenters. The quantitative estimate of drug-likeness (QED) is 0.880. The van der Waals surface area contributed by atoms with Crippen LogP contribution in [0, 0.1) is 5.82 Å². The van der Waals surface area contributed by atoms with Crippen LogP contribution < -0.4 is 4.72 Å². The molecule has 0 saturated carbocycles. The number of nitrogens with one attached hydrogen (secondary N) is 1. The number of thiophene rings is 1. The summed E-state index contributed by atoms with van der Waals surface area (Å²) in [5.41, 5.74) is 0.604. The van der Waals surface area contributed by atoms with Crippen LogP contribution in [0.25, 0.3) is 0 Å². The summed E-state index contributed by atoms with van der Waals surface area (Å²) in [5, 5.41) is 1.66. The van der Waals surface area contributed by atoms with E-state index in [0.717, 1.165) is 11.3 Å². The van der Waals surface area contributed by atoms with Crippen molar-refractivity contribution >= 4 is 27.3 Å². The van der Waals surface area contributed by atoms with Crippen LogP contribution >= 0.6 is 11.3 Å². The van der Waals surface area contributed by atoms with E-state index < -0.39 is 10.0 Å². The number of likely N-dealkylation sites (tertiary alicyclic amines) is 1. The highest BCUT2D eigenvalue weighted by Gasteiger charge is 2.29. The molecule has 0 spiro atoms. The molecule has 0 radical (unpaired) electrons. The van der Waals surface area contributed by atoms with E-state index in [0.29, 0.717) is 25.1 Å². The Labute approximate surface area is 144 Å². The molecule has 1 fully saturated rings. The standard InChI is InChI=1S/C16H17FN2O3S2/c17-14-5-2-1-4-13(14)12-7-8-19(11-12)15(20)10-18-24(21,22)16-6-3-9-23-16/h1-6,9,12,18H,7-8,10-11H2/t12-/m1/s1. The van der Waals surface area contributed by atoms with E-state index in [1.165, 1.54) is 12.1 Å². The third-order valence-electron chi connectivity index (χ3n) is 4.06. The molecule has 2 aromatic rings. The molecule has 2 heterocycles. The largest absolute Gasteiger partial charge is 0.341 e. The average Bonchev–Trinajstić information content (AvgIpc) is 3.25. The minimum absolute atomic E-state index is 0.0518. The number of hydrogen-bond donors (Lipinski definition) is 1. The average molecular weight is 368 g/mol. The first-order valence-corrected chi connectivity index (χ1v) is 9.89. The van der Waals surface area contributed by atoms with E-state index in [9.17, 15) is 17.6 Å². The van der Waals surface area contributed by atoms with Crippen LogP contribution in [0.1, 0.15) is 17.9 Å². The van der Waals surface area contributed by atoms with E-state index in [1.807, 2.05) is 0 Å². The van der Waals surface area contributed by atoms with E-state index >= 15 is 0 Å². The Morgan fingerprint density at radius 2 is 2.08 bits per heavy atom. The first kappa shape index (κ1) is 17.1. The maximum absolute atomic E-state index is 13.8. The van der Waals surface area contributed by atoms with Crippen molar-refractivity contribution in [3.05, 3.63) is 53.2 Å². The van der Waals surface area contributed by atoms with Gasteiger partial charge in [0.15, 0.2) is 0 Å². The molecule has 1 aliphatic rings. The number of sulfonamides is 1. The van der Waals surface area contributed by atoms with Crippen LogP contribution in [0.5, 0.6) is 0 Å². The fourth-order valence-corrected chi connectivity index (χ4v) is 4.81. The van der Waals surface area contributed by atoms with Gasteiger partial charge in [0.05, 0.1) is 6.54 Å². The van der Waals surface area contributed by atoms with Crippen LogP contribution in [0.15, 0.2) is 46.0 Å². The Hall–Kier alpha value is -1.77. The number of amides is 1. The highest BCUT2D eigenvalue weighted by atomic mass is 32.2. The van der Waals surface area contributed by atoms with Crippen molar-refractivity contribution in [1.29, 1.82) is 0 Å². The second-order valence-electron chi connectivity index (χ2n) is 5.60. The molecule has 8 heteroatoms. The topological polar surface area (TPSA) is 66.5 Å². The molecule has 3 rings (SSSR count). The first-order chi connectivity index (χ1) is 11.5. The second-order valence-corrected chi connectivity index (χ2v) is 8.54. The van der Waals surface area contributed by atoms with Gasteiger partial charge >= 0.3 is 0 Å². The van der Waals surface area contributed by atoms with Gasteiger partial charge in [0.2, 0.25) is 5.91 Å². The van der Waals surface area contributed by atoms with Crippen molar-refractivity contribution in [3.63, 3.8) is 0 Å². The van der Waals surface area contributed by atoms with E-state index in [2.05, 4.69) is 4.72 Å². The van der Waals surface area contributed by atoms with Crippen LogP contribution in [-0.4, -0.2) is 38.9 Å². The van der Waals surface area contributed by atoms with Gasteiger partial charge in [0, 0.05) is 19.0 Å². The summed E-state index contributed by atoms with van der Waals surface area (Å²) in [6.07, 6.45) is 0.671. The number of rotatable bonds is 5. The lowest BCUT2D eigenvalue weighted by Gasteiger charge is -2.17. The molecule has 1 aliphatic heterocycles. The zero-order valence-electron chi connectivity index (χ0n) is 12.8. The van der Waals surface area contributed by atoms with Gasteiger partial charge in [-0.05, 0) is 29.5 Å². The predicted octanol–water partition coefficient (Wildman–Crippen LogP) is 2.18. The molecule has 128 valence electrons. The zero-order valence-corrected chi connectivity index (χ0v) is 14.4. The summed E-state index contributed by atoms with van der Waals surface area (Å²) >= 11 is 1.10. The second kappa shape index (κ2) is 7.00. The Kier molecular flexibility index (Phi) is 4.98. The minimum atomic E-state index is -3.65. The van der Waals surface area contributed by atoms with Crippen LogP contribution in [-0.2, 0) is 14.8 Å². The third-order valence-corrected chi connectivity index (χ3v) is 6.86. The molecule has 1 amide bonds. The molecular formula is C16H17FN2O3S2. The van der Waals surface area contributed by atoms with Crippen LogP contribution in [0.4, 0.5) is 4.39 Å². The Balaban J connectivity index is 1.58. The van der Waals surface area contributed by atoms with E-state index in [1.54, 1.807) is 34.5 Å². The lowest BCUT2D eigenvalue weighted by molar-refractivity contribution is -0.128. The Morgan fingerprint density at radius 1 is 1.29 bits per heavy atom. The van der Waals surface area contributed by atoms with Crippen molar-refractivity contribution in [1.82, 2.24) is 9.62 Å². The molecule has 0 bridgehead atoms. The maximum Gasteiger partial charge on any atom is 0.250 e. The number of hydrogen-bond acceptors (Lipinski definition) is 4. The monoisotopic (exact) mass is 368 g/mol. The van der Waals surface area contributed by atoms with E-state index in [4.69, 9.17) is 0 Å². The summed E-state index contributed by atoms with van der Waals surface area (Å²) in [7, 11) is -3.65. The first-order valence-electron chi connectivity index (χ1n) is 7.53. The van der Waals surface area contributed by atoms with Gasteiger partial charge in [-0.1, -0.05) is 24.3 Å². The Bertz CT molecular complexity index is 822. The normalized spacial score (nSPS) is 18.0. The lowest BCUT2D eigenvalue weighted by Crippen LogP contribution is -2.38. The van der Waals surface area contributed by atoms with E-state index in [-0.39, 0.29) is 28.4 Å². The fourth-order valence-electron chi connectivity index (χ4n) is 2.80. The van der Waals surface area contributed by atoms with Gasteiger partial charge < -0.3 is 4.90 Å². The molecule has 1 saturated heterocycles. The van der Waals surface area contributed by atoms with Crippen LogP contribution in [0.2, 0.25) is 0 Å². The minimum Gasteiger partial charge on any atom is -0.341 e. The van der Waals surface area contributed by atoms with Crippen molar-refractivity contribution < 1.29 is 17.6 Å². The highest BCUT2D eigenvalue weighted by Crippen LogP contribution is 2.28. The lowest BCUT2D eigenvalue weighted by atomic mass is 9.98. The van der Waals surface area contributed by atoms with Gasteiger partial charge in [-0.25, -0.2) is 17.5 Å². The summed E-state index contributed by atoms with van der Waals surface area (Å²) in [6.45, 7) is 0.614. The number of carbonyl (C=O) groups excluding carboxylic acids is 1. The molecule has 1 aromatic heterocycles. The van der Waals surface area contributed by atoms with Crippen molar-refractivity contribution in [2.24, 2.45) is 0 Å².